The van der Waals surface area contributed by atoms with E-state index in [1.54, 1.807) is 31.3 Å². The Bertz CT molecular complexity index is 1070. The van der Waals surface area contributed by atoms with Crippen LogP contribution in [-0.4, -0.2) is 32.8 Å². The van der Waals surface area contributed by atoms with Crippen molar-refractivity contribution in [3.8, 4) is 22.8 Å². The lowest BCUT2D eigenvalue weighted by molar-refractivity contribution is 0.356. The van der Waals surface area contributed by atoms with Crippen molar-refractivity contribution >= 4 is 34.4 Å². The maximum absolute atomic E-state index is 12.5. The number of halogens is 1. The first-order valence-electron chi connectivity index (χ1n) is 7.99. The van der Waals surface area contributed by atoms with E-state index in [1.165, 1.54) is 18.9 Å². The third-order valence-corrected chi connectivity index (χ3v) is 4.55. The zero-order valence-corrected chi connectivity index (χ0v) is 17.1. The zero-order chi connectivity index (χ0) is 19.6. The molecule has 0 amide bonds. The zero-order valence-electron chi connectivity index (χ0n) is 15.4. The summed E-state index contributed by atoms with van der Waals surface area (Å²) in [6, 6.07) is 10.6. The molecule has 1 N–H and O–H groups in total. The summed E-state index contributed by atoms with van der Waals surface area (Å²) in [5.74, 6) is 0.964. The molecule has 0 aliphatic heterocycles. The van der Waals surface area contributed by atoms with Crippen LogP contribution in [0.3, 0.4) is 0 Å². The summed E-state index contributed by atoms with van der Waals surface area (Å²) in [6.45, 7) is 0.197. The highest BCUT2D eigenvalue weighted by Gasteiger charge is 2.15. The van der Waals surface area contributed by atoms with Crippen LogP contribution in [-0.2, 0) is 24.9 Å². The molecular weight excluding hydrogens is 406 g/mol. The van der Waals surface area contributed by atoms with Gasteiger partial charge in [0.15, 0.2) is 11.5 Å². The van der Waals surface area contributed by atoms with Gasteiger partial charge in [-0.2, -0.15) is 5.10 Å². The normalized spacial score (nSPS) is 11.7. The van der Waals surface area contributed by atoms with Gasteiger partial charge in [0.2, 0.25) is 0 Å². The predicted octanol–water partition coefficient (Wildman–Crippen LogP) is 1.92. The highest BCUT2D eigenvalue weighted by atomic mass is 35.5. The van der Waals surface area contributed by atoms with Crippen LogP contribution in [0.15, 0.2) is 41.2 Å². The summed E-state index contributed by atoms with van der Waals surface area (Å²) in [5, 5.41) is 5.51. The van der Waals surface area contributed by atoms with Gasteiger partial charge >= 0.3 is 0 Å². The number of benzene rings is 2. The molecule has 0 bridgehead atoms. The Kier molecular flexibility index (Phi) is 7.14. The summed E-state index contributed by atoms with van der Waals surface area (Å²) >= 11 is -2.31. The molecule has 3 aromatic rings. The molecule has 28 heavy (non-hydrogen) atoms. The number of hydrogen-bond donors (Lipinski definition) is 1. The van der Waals surface area contributed by atoms with Crippen molar-refractivity contribution < 1.29 is 18.2 Å². The van der Waals surface area contributed by atoms with E-state index in [0.717, 1.165) is 11.1 Å². The van der Waals surface area contributed by atoms with Crippen LogP contribution in [0.1, 0.15) is 5.56 Å². The number of nitrogens with one attached hydrogen (secondary N) is 1. The van der Waals surface area contributed by atoms with Crippen molar-refractivity contribution in [1.82, 2.24) is 14.5 Å². The maximum atomic E-state index is 12.5. The molecule has 1 aromatic heterocycles. The van der Waals surface area contributed by atoms with Gasteiger partial charge in [-0.25, -0.2) is 9.40 Å². The molecule has 0 fully saturated rings. The summed E-state index contributed by atoms with van der Waals surface area (Å²) in [4.78, 5) is 12.5. The van der Waals surface area contributed by atoms with E-state index in [4.69, 9.17) is 9.47 Å². The Hall–Kier alpha value is -2.46. The highest BCUT2D eigenvalue weighted by molar-refractivity contribution is 7.77. The van der Waals surface area contributed by atoms with Crippen LogP contribution in [0, 0.1) is 0 Å². The number of ether oxygens (including phenoxy) is 2. The predicted molar refractivity (Wildman–Crippen MR) is 109 cm³/mol. The Labute approximate surface area is 170 Å². The minimum absolute atomic E-state index is 0. The molecule has 0 aliphatic rings. The highest BCUT2D eigenvalue weighted by Crippen LogP contribution is 2.34. The SMILES string of the molecule is COc1cc2c(-c3ccc(CNS(=O)[O-])cc3)nn(C)c(=O)c2cc1OC.Cl. The summed E-state index contributed by atoms with van der Waals surface area (Å²) in [6.07, 6.45) is 0. The van der Waals surface area contributed by atoms with Crippen LogP contribution >= 0.6 is 12.4 Å². The molecule has 0 aliphatic carbocycles. The molecule has 2 aromatic carbocycles. The fraction of sp³-hybridized carbons (Fsp3) is 0.222. The fourth-order valence-electron chi connectivity index (χ4n) is 2.81. The molecule has 1 unspecified atom stereocenters. The summed E-state index contributed by atoms with van der Waals surface area (Å²) in [5.41, 5.74) is 1.96. The lowest BCUT2D eigenvalue weighted by Gasteiger charge is -2.13. The van der Waals surface area contributed by atoms with Crippen LogP contribution in [0.2, 0.25) is 0 Å². The Balaban J connectivity index is 0.00000280. The number of aryl methyl sites for hydroxylation is 1. The molecule has 3 rings (SSSR count). The summed E-state index contributed by atoms with van der Waals surface area (Å²) < 4.78 is 35.5. The molecule has 0 spiro atoms. The quantitative estimate of drug-likeness (QED) is 0.606. The largest absolute Gasteiger partial charge is 0.760 e. The number of aromatic nitrogens is 2. The van der Waals surface area contributed by atoms with Crippen LogP contribution < -0.4 is 19.8 Å². The van der Waals surface area contributed by atoms with Gasteiger partial charge in [-0.15, -0.1) is 12.4 Å². The van der Waals surface area contributed by atoms with E-state index < -0.39 is 11.3 Å². The second-order valence-electron chi connectivity index (χ2n) is 5.78. The lowest BCUT2D eigenvalue weighted by Crippen LogP contribution is -2.20. The molecule has 0 radical (unpaired) electrons. The Morgan fingerprint density at radius 1 is 1.11 bits per heavy atom. The van der Waals surface area contributed by atoms with E-state index >= 15 is 0 Å². The average molecular weight is 425 g/mol. The topological polar surface area (TPSA) is 106 Å². The third-order valence-electron chi connectivity index (χ3n) is 4.17. The molecule has 8 nitrogen and oxygen atoms in total. The van der Waals surface area contributed by atoms with Gasteiger partial charge < -0.3 is 14.0 Å². The molecule has 1 atom stereocenters. The second kappa shape index (κ2) is 9.16. The van der Waals surface area contributed by atoms with Gasteiger partial charge in [-0.3, -0.25) is 9.00 Å². The molecule has 0 saturated heterocycles. The van der Waals surface area contributed by atoms with Gasteiger partial charge in [-0.1, -0.05) is 24.3 Å². The molecular formula is C18H19ClN3O5S-. The molecule has 1 heterocycles. The molecule has 150 valence electrons. The van der Waals surface area contributed by atoms with Gasteiger partial charge in [0.05, 0.1) is 25.3 Å². The number of rotatable bonds is 6. The first kappa shape index (κ1) is 21.8. The van der Waals surface area contributed by atoms with E-state index in [9.17, 15) is 13.6 Å². The lowest BCUT2D eigenvalue weighted by atomic mass is 10.0. The van der Waals surface area contributed by atoms with Crippen molar-refractivity contribution in [2.45, 2.75) is 6.54 Å². The monoisotopic (exact) mass is 424 g/mol. The van der Waals surface area contributed by atoms with Gasteiger partial charge in [0.25, 0.3) is 5.56 Å². The first-order valence-corrected chi connectivity index (χ1v) is 9.07. The minimum Gasteiger partial charge on any atom is -0.760 e. The number of hydrogen-bond acceptors (Lipinski definition) is 6. The van der Waals surface area contributed by atoms with Gasteiger partial charge in [-0.05, 0) is 17.7 Å². The van der Waals surface area contributed by atoms with Crippen LogP contribution in [0.5, 0.6) is 11.5 Å². The van der Waals surface area contributed by atoms with E-state index in [-0.39, 0.29) is 24.5 Å². The third kappa shape index (κ3) is 4.33. The molecule has 0 saturated carbocycles. The standard InChI is InChI=1S/C18H19N3O5S.ClH/c1-21-18(22)14-9-16(26-3)15(25-2)8-13(14)17(20-21)12-6-4-11(5-7-12)10-19-27(23)24;/h4-9,19H,10H2,1-3H3,(H,23,24);1H/p-1. The number of fused-ring (bicyclic) bond motifs is 1. The van der Waals surface area contributed by atoms with Crippen molar-refractivity contribution in [2.24, 2.45) is 7.05 Å². The minimum atomic E-state index is -2.31. The van der Waals surface area contributed by atoms with Crippen molar-refractivity contribution in [2.75, 3.05) is 14.2 Å². The van der Waals surface area contributed by atoms with Crippen molar-refractivity contribution in [3.05, 3.63) is 52.3 Å². The Morgan fingerprint density at radius 3 is 2.21 bits per heavy atom. The summed E-state index contributed by atoms with van der Waals surface area (Å²) in [7, 11) is 4.63. The smallest absolute Gasteiger partial charge is 0.274 e. The van der Waals surface area contributed by atoms with E-state index in [0.29, 0.717) is 28.0 Å². The van der Waals surface area contributed by atoms with Crippen molar-refractivity contribution in [1.29, 1.82) is 0 Å². The number of nitrogens with zero attached hydrogens (tertiary/aromatic N) is 2. The second-order valence-corrected chi connectivity index (χ2v) is 6.54. The number of methoxy groups -OCH3 is 2. The van der Waals surface area contributed by atoms with Gasteiger partial charge in [0.1, 0.15) is 0 Å². The first-order chi connectivity index (χ1) is 12.9. The average Bonchev–Trinajstić information content (AvgIpc) is 2.68. The fourth-order valence-corrected chi connectivity index (χ4v) is 3.10. The van der Waals surface area contributed by atoms with Crippen LogP contribution in [0.25, 0.3) is 22.0 Å². The Morgan fingerprint density at radius 2 is 1.68 bits per heavy atom. The molecule has 10 heteroatoms. The van der Waals surface area contributed by atoms with E-state index in [1.807, 2.05) is 12.1 Å². The van der Waals surface area contributed by atoms with Crippen LogP contribution in [0.4, 0.5) is 0 Å². The maximum Gasteiger partial charge on any atom is 0.274 e. The van der Waals surface area contributed by atoms with Gasteiger partial charge in [0, 0.05) is 35.8 Å². The van der Waals surface area contributed by atoms with Crippen molar-refractivity contribution in [3.63, 3.8) is 0 Å². The van der Waals surface area contributed by atoms with E-state index in [2.05, 4.69) is 9.82 Å².